The van der Waals surface area contributed by atoms with E-state index in [1.165, 1.54) is 6.20 Å². The van der Waals surface area contributed by atoms with Crippen molar-refractivity contribution in [1.82, 2.24) is 14.9 Å². The topological polar surface area (TPSA) is 114 Å². The number of nitrogens with one attached hydrogen (secondary N) is 2. The number of fused-ring (bicyclic) bond motifs is 1. The van der Waals surface area contributed by atoms with E-state index in [0.717, 1.165) is 29.2 Å². The Kier molecular flexibility index (Phi) is 7.42. The molecule has 0 saturated carbocycles. The van der Waals surface area contributed by atoms with Crippen LogP contribution in [0.25, 0.3) is 10.8 Å². The lowest BCUT2D eigenvalue weighted by Crippen LogP contribution is -2.46. The molecule has 4 rings (SSSR count). The van der Waals surface area contributed by atoms with E-state index in [1.807, 2.05) is 24.4 Å². The number of carbonyl (C=O) groups excluding carboxylic acids is 3. The van der Waals surface area contributed by atoms with Gasteiger partial charge in [-0.3, -0.25) is 19.9 Å². The zero-order chi connectivity index (χ0) is 26.7. The van der Waals surface area contributed by atoms with Gasteiger partial charge in [0.05, 0.1) is 17.9 Å². The summed E-state index contributed by atoms with van der Waals surface area (Å²) in [6.07, 6.45) is 6.09. The highest BCUT2D eigenvalue weighted by atomic mass is 16.6. The molecule has 3 aromatic rings. The molecule has 194 valence electrons. The summed E-state index contributed by atoms with van der Waals surface area (Å²) in [4.78, 5) is 48.5. The molecule has 0 aliphatic carbocycles. The van der Waals surface area contributed by atoms with Crippen LogP contribution in [-0.4, -0.2) is 44.9 Å². The van der Waals surface area contributed by atoms with E-state index in [1.54, 1.807) is 44.9 Å². The fourth-order valence-electron chi connectivity index (χ4n) is 4.52. The number of nitrogens with zero attached hydrogens (tertiary/aromatic N) is 3. The van der Waals surface area contributed by atoms with Crippen LogP contribution in [0.1, 0.15) is 57.7 Å². The van der Waals surface area contributed by atoms with Crippen LogP contribution < -0.4 is 10.6 Å². The summed E-state index contributed by atoms with van der Waals surface area (Å²) < 4.78 is 5.26. The largest absolute Gasteiger partial charge is 0.444 e. The van der Waals surface area contributed by atoms with E-state index in [-0.39, 0.29) is 6.04 Å². The van der Waals surface area contributed by atoms with Crippen LogP contribution in [-0.2, 0) is 14.3 Å². The number of likely N-dealkylation sites (tertiary alicyclic amines) is 1. The van der Waals surface area contributed by atoms with Gasteiger partial charge >= 0.3 is 17.9 Å². The van der Waals surface area contributed by atoms with Gasteiger partial charge in [0.1, 0.15) is 11.4 Å². The van der Waals surface area contributed by atoms with Gasteiger partial charge < -0.3 is 15.0 Å². The SMILES string of the molecule is Cc1cc(NC(=O)C(=O)N2CC(C)CCC2c2ccc3cnccc3c2)cnc1NC(=O)OC(C)(C)C. The molecule has 9 nitrogen and oxygen atoms in total. The molecule has 2 atom stereocenters. The predicted molar refractivity (Wildman–Crippen MR) is 142 cm³/mol. The van der Waals surface area contributed by atoms with Gasteiger partial charge in [0, 0.05) is 24.3 Å². The maximum Gasteiger partial charge on any atom is 0.413 e. The Morgan fingerprint density at radius 3 is 2.54 bits per heavy atom. The third-order valence-corrected chi connectivity index (χ3v) is 6.28. The van der Waals surface area contributed by atoms with Gasteiger partial charge in [-0.25, -0.2) is 9.78 Å². The third kappa shape index (κ3) is 6.41. The van der Waals surface area contributed by atoms with Gasteiger partial charge in [0.25, 0.3) is 0 Å². The number of aryl methyl sites for hydroxylation is 1. The van der Waals surface area contributed by atoms with Crippen molar-refractivity contribution in [2.75, 3.05) is 17.2 Å². The molecule has 37 heavy (non-hydrogen) atoms. The van der Waals surface area contributed by atoms with E-state index < -0.39 is 23.5 Å². The molecule has 1 aliphatic rings. The van der Waals surface area contributed by atoms with Crippen molar-refractivity contribution in [3.05, 3.63) is 60.0 Å². The smallest absolute Gasteiger partial charge is 0.413 e. The molecule has 1 aliphatic heterocycles. The first-order chi connectivity index (χ1) is 17.5. The quantitative estimate of drug-likeness (QED) is 0.474. The maximum atomic E-state index is 13.3. The second-order valence-corrected chi connectivity index (χ2v) is 10.6. The van der Waals surface area contributed by atoms with E-state index in [9.17, 15) is 14.4 Å². The lowest BCUT2D eigenvalue weighted by molar-refractivity contribution is -0.146. The summed E-state index contributed by atoms with van der Waals surface area (Å²) in [6.45, 7) is 9.65. The number of anilines is 2. The van der Waals surface area contributed by atoms with Crippen molar-refractivity contribution >= 4 is 40.2 Å². The molecule has 0 bridgehead atoms. The summed E-state index contributed by atoms with van der Waals surface area (Å²) >= 11 is 0. The van der Waals surface area contributed by atoms with Crippen LogP contribution in [0.5, 0.6) is 0 Å². The molecule has 2 N–H and O–H groups in total. The molecule has 0 radical (unpaired) electrons. The average Bonchev–Trinajstić information content (AvgIpc) is 2.83. The molecule has 2 unspecified atom stereocenters. The van der Waals surface area contributed by atoms with Gasteiger partial charge in [-0.1, -0.05) is 19.1 Å². The van der Waals surface area contributed by atoms with Gasteiger partial charge in [-0.2, -0.15) is 0 Å². The summed E-state index contributed by atoms with van der Waals surface area (Å²) in [6, 6.07) is 9.48. The van der Waals surface area contributed by atoms with Gasteiger partial charge in [-0.05, 0) is 81.2 Å². The standard InChI is InChI=1S/C28H33N5O4/c1-17-6-9-23(20-7-8-21-14-29-11-10-19(21)13-20)33(16-17)26(35)25(34)31-22-12-18(2)24(30-15-22)32-27(36)37-28(3,4)5/h7-8,10-15,17,23H,6,9,16H2,1-5H3,(H,31,34)(H,30,32,36). The van der Waals surface area contributed by atoms with Crippen molar-refractivity contribution in [2.24, 2.45) is 5.92 Å². The number of ether oxygens (including phenoxy) is 1. The number of rotatable bonds is 3. The normalized spacial score (nSPS) is 17.8. The van der Waals surface area contributed by atoms with Crippen molar-refractivity contribution < 1.29 is 19.1 Å². The number of hydrogen-bond donors (Lipinski definition) is 2. The van der Waals surface area contributed by atoms with Crippen molar-refractivity contribution in [2.45, 2.75) is 59.1 Å². The lowest BCUT2D eigenvalue weighted by Gasteiger charge is -2.38. The number of piperidine rings is 1. The van der Waals surface area contributed by atoms with Gasteiger partial charge in [0.2, 0.25) is 0 Å². The van der Waals surface area contributed by atoms with Gasteiger partial charge in [0.15, 0.2) is 0 Å². The number of carbonyl (C=O) groups is 3. The van der Waals surface area contributed by atoms with Crippen LogP contribution in [0.3, 0.4) is 0 Å². The molecule has 1 saturated heterocycles. The highest BCUT2D eigenvalue weighted by molar-refractivity contribution is 6.39. The molecule has 0 spiro atoms. The molecular weight excluding hydrogens is 470 g/mol. The van der Waals surface area contributed by atoms with E-state index in [2.05, 4.69) is 33.6 Å². The molecule has 1 fully saturated rings. The lowest BCUT2D eigenvalue weighted by atomic mass is 9.89. The minimum atomic E-state index is -0.724. The molecule has 3 amide bonds. The first-order valence-corrected chi connectivity index (χ1v) is 12.4. The summed E-state index contributed by atoms with van der Waals surface area (Å²) in [5.74, 6) is -0.701. The maximum absolute atomic E-state index is 13.3. The first kappa shape index (κ1) is 26.1. The Morgan fingerprint density at radius 2 is 1.81 bits per heavy atom. The van der Waals surface area contributed by atoms with Gasteiger partial charge in [-0.15, -0.1) is 0 Å². The van der Waals surface area contributed by atoms with E-state index in [4.69, 9.17) is 4.74 Å². The Labute approximate surface area is 216 Å². The monoisotopic (exact) mass is 503 g/mol. The molecule has 3 heterocycles. The van der Waals surface area contributed by atoms with Crippen molar-refractivity contribution in [3.8, 4) is 0 Å². The number of benzene rings is 1. The number of pyridine rings is 2. The summed E-state index contributed by atoms with van der Waals surface area (Å²) in [5, 5.41) is 7.34. The third-order valence-electron chi connectivity index (χ3n) is 6.28. The number of amides is 3. The van der Waals surface area contributed by atoms with Crippen molar-refractivity contribution in [1.29, 1.82) is 0 Å². The second kappa shape index (κ2) is 10.5. The highest BCUT2D eigenvalue weighted by Crippen LogP contribution is 2.34. The Balaban J connectivity index is 1.48. The average molecular weight is 504 g/mol. The van der Waals surface area contributed by atoms with E-state index in [0.29, 0.717) is 29.5 Å². The van der Waals surface area contributed by atoms with Crippen LogP contribution in [0, 0.1) is 12.8 Å². The fourth-order valence-corrected chi connectivity index (χ4v) is 4.52. The number of hydrogen-bond acceptors (Lipinski definition) is 6. The predicted octanol–water partition coefficient (Wildman–Crippen LogP) is 5.22. The summed E-state index contributed by atoms with van der Waals surface area (Å²) in [5.41, 5.74) is 1.35. The fraction of sp³-hybridized carbons (Fsp3) is 0.393. The highest BCUT2D eigenvalue weighted by Gasteiger charge is 2.34. The van der Waals surface area contributed by atoms with Crippen LogP contribution in [0.4, 0.5) is 16.3 Å². The number of aromatic nitrogens is 2. The minimum Gasteiger partial charge on any atom is -0.444 e. The van der Waals surface area contributed by atoms with Crippen LogP contribution >= 0.6 is 0 Å². The zero-order valence-electron chi connectivity index (χ0n) is 21.9. The molecule has 1 aromatic carbocycles. The summed E-state index contributed by atoms with van der Waals surface area (Å²) in [7, 11) is 0. The van der Waals surface area contributed by atoms with E-state index >= 15 is 0 Å². The Hall–Kier alpha value is -4.01. The Morgan fingerprint density at radius 1 is 1.03 bits per heavy atom. The van der Waals surface area contributed by atoms with Crippen molar-refractivity contribution in [3.63, 3.8) is 0 Å². The van der Waals surface area contributed by atoms with Crippen LogP contribution in [0.15, 0.2) is 48.9 Å². The minimum absolute atomic E-state index is 0.188. The molecule has 2 aromatic heterocycles. The first-order valence-electron chi connectivity index (χ1n) is 12.4. The molecule has 9 heteroatoms. The second-order valence-electron chi connectivity index (χ2n) is 10.6. The molecular formula is C28H33N5O4. The zero-order valence-corrected chi connectivity index (χ0v) is 21.9. The Bertz CT molecular complexity index is 1330. The van der Waals surface area contributed by atoms with Crippen LogP contribution in [0.2, 0.25) is 0 Å².